The van der Waals surface area contributed by atoms with Gasteiger partial charge < -0.3 is 4.74 Å². The SMILES string of the molecule is NNC(CCCC1CCCO1)c1cc2sccc2s1. The molecule has 0 bridgehead atoms. The van der Waals surface area contributed by atoms with Crippen LogP contribution in [0.5, 0.6) is 0 Å². The topological polar surface area (TPSA) is 47.3 Å². The van der Waals surface area contributed by atoms with Gasteiger partial charge in [0.1, 0.15) is 0 Å². The highest BCUT2D eigenvalue weighted by molar-refractivity contribution is 7.26. The first kappa shape index (κ1) is 13.5. The van der Waals surface area contributed by atoms with E-state index in [9.17, 15) is 0 Å². The Morgan fingerprint density at radius 3 is 3.16 bits per heavy atom. The van der Waals surface area contributed by atoms with Gasteiger partial charge in [-0.25, -0.2) is 0 Å². The molecule has 0 saturated carbocycles. The fraction of sp³-hybridized carbons (Fsp3) is 0.571. The Hall–Kier alpha value is -0.460. The molecule has 19 heavy (non-hydrogen) atoms. The number of fused-ring (bicyclic) bond motifs is 1. The smallest absolute Gasteiger partial charge is 0.0576 e. The summed E-state index contributed by atoms with van der Waals surface area (Å²) >= 11 is 3.66. The molecule has 3 N–H and O–H groups in total. The highest BCUT2D eigenvalue weighted by Crippen LogP contribution is 2.35. The number of hydrogen-bond acceptors (Lipinski definition) is 5. The van der Waals surface area contributed by atoms with Crippen LogP contribution in [0.25, 0.3) is 9.40 Å². The van der Waals surface area contributed by atoms with Crippen LogP contribution >= 0.6 is 22.7 Å². The first-order chi connectivity index (χ1) is 9.36. The van der Waals surface area contributed by atoms with Gasteiger partial charge in [-0.15, -0.1) is 22.7 Å². The molecule has 0 radical (unpaired) electrons. The molecular formula is C14H20N2OS2. The van der Waals surface area contributed by atoms with Crippen molar-refractivity contribution in [2.24, 2.45) is 5.84 Å². The summed E-state index contributed by atoms with van der Waals surface area (Å²) in [6, 6.07) is 4.75. The van der Waals surface area contributed by atoms with Crippen molar-refractivity contribution in [1.29, 1.82) is 0 Å². The van der Waals surface area contributed by atoms with Crippen molar-refractivity contribution in [2.45, 2.75) is 44.2 Å². The molecular weight excluding hydrogens is 276 g/mol. The van der Waals surface area contributed by atoms with Crippen LogP contribution < -0.4 is 11.3 Å². The fourth-order valence-corrected chi connectivity index (χ4v) is 4.90. The molecule has 3 heterocycles. The lowest BCUT2D eigenvalue weighted by atomic mass is 10.0. The van der Waals surface area contributed by atoms with Crippen LogP contribution in [0.3, 0.4) is 0 Å². The first-order valence-electron chi connectivity index (χ1n) is 6.91. The van der Waals surface area contributed by atoms with Crippen LogP contribution in [0, 0.1) is 0 Å². The van der Waals surface area contributed by atoms with E-state index in [1.807, 2.05) is 11.3 Å². The maximum atomic E-state index is 5.72. The number of nitrogens with one attached hydrogen (secondary N) is 1. The predicted octanol–water partition coefficient (Wildman–Crippen LogP) is 3.82. The van der Waals surface area contributed by atoms with E-state index in [0.717, 1.165) is 19.4 Å². The van der Waals surface area contributed by atoms with Crippen LogP contribution in [0.4, 0.5) is 0 Å². The average Bonchev–Trinajstić information content (AvgIpc) is 3.10. The molecule has 1 aliphatic rings. The second-order valence-electron chi connectivity index (χ2n) is 5.08. The summed E-state index contributed by atoms with van der Waals surface area (Å²) in [6.45, 7) is 0.949. The molecule has 2 unspecified atom stereocenters. The van der Waals surface area contributed by atoms with Crippen LogP contribution in [-0.2, 0) is 4.74 Å². The van der Waals surface area contributed by atoms with Gasteiger partial charge in [0.25, 0.3) is 0 Å². The van der Waals surface area contributed by atoms with Gasteiger partial charge in [-0.2, -0.15) is 0 Å². The third kappa shape index (κ3) is 3.17. The molecule has 2 aromatic rings. The summed E-state index contributed by atoms with van der Waals surface area (Å²) in [7, 11) is 0. The Morgan fingerprint density at radius 2 is 2.42 bits per heavy atom. The molecule has 0 aromatic carbocycles. The molecule has 3 rings (SSSR count). The summed E-state index contributed by atoms with van der Waals surface area (Å²) in [6.07, 6.45) is 6.37. The van der Waals surface area contributed by atoms with Gasteiger partial charge in [-0.05, 0) is 49.6 Å². The minimum atomic E-state index is 0.283. The zero-order chi connectivity index (χ0) is 13.1. The van der Waals surface area contributed by atoms with E-state index in [0.29, 0.717) is 6.10 Å². The molecule has 3 nitrogen and oxygen atoms in total. The van der Waals surface area contributed by atoms with Gasteiger partial charge in [-0.3, -0.25) is 11.3 Å². The van der Waals surface area contributed by atoms with Crippen molar-refractivity contribution in [1.82, 2.24) is 5.43 Å². The highest BCUT2D eigenvalue weighted by Gasteiger charge is 2.17. The van der Waals surface area contributed by atoms with Crippen LogP contribution in [0.2, 0.25) is 0 Å². The fourth-order valence-electron chi connectivity index (χ4n) is 2.69. The van der Waals surface area contributed by atoms with E-state index < -0.39 is 0 Å². The van der Waals surface area contributed by atoms with Gasteiger partial charge in [0.05, 0.1) is 12.1 Å². The summed E-state index contributed by atoms with van der Waals surface area (Å²) in [4.78, 5) is 1.36. The average molecular weight is 296 g/mol. The maximum absolute atomic E-state index is 5.72. The molecule has 5 heteroatoms. The molecule has 1 saturated heterocycles. The Labute approximate surface area is 121 Å². The quantitative estimate of drug-likeness (QED) is 0.629. The van der Waals surface area contributed by atoms with Gasteiger partial charge >= 0.3 is 0 Å². The summed E-state index contributed by atoms with van der Waals surface area (Å²) < 4.78 is 8.41. The molecule has 104 valence electrons. The number of nitrogens with two attached hydrogens (primary N) is 1. The van der Waals surface area contributed by atoms with Crippen molar-refractivity contribution < 1.29 is 4.74 Å². The lowest BCUT2D eigenvalue weighted by Crippen LogP contribution is -2.27. The second kappa shape index (κ2) is 6.33. The normalized spacial score (nSPS) is 21.2. The summed E-state index contributed by atoms with van der Waals surface area (Å²) in [5.74, 6) is 5.72. The second-order valence-corrected chi connectivity index (χ2v) is 7.15. The van der Waals surface area contributed by atoms with Gasteiger partial charge in [0.15, 0.2) is 0 Å². The number of hydrogen-bond donors (Lipinski definition) is 2. The molecule has 1 aliphatic heterocycles. The van der Waals surface area contributed by atoms with Crippen molar-refractivity contribution in [3.05, 3.63) is 22.4 Å². The van der Waals surface area contributed by atoms with E-state index in [1.54, 1.807) is 11.3 Å². The Bertz CT molecular complexity index is 488. The molecule has 2 atom stereocenters. The first-order valence-corrected chi connectivity index (χ1v) is 8.61. The lowest BCUT2D eigenvalue weighted by molar-refractivity contribution is 0.101. The van der Waals surface area contributed by atoms with Crippen molar-refractivity contribution in [3.8, 4) is 0 Å². The largest absolute Gasteiger partial charge is 0.378 e. The predicted molar refractivity (Wildman–Crippen MR) is 82.6 cm³/mol. The monoisotopic (exact) mass is 296 g/mol. The number of hydrazine groups is 1. The Balaban J connectivity index is 1.56. The van der Waals surface area contributed by atoms with Gasteiger partial charge in [-0.1, -0.05) is 0 Å². The minimum absolute atomic E-state index is 0.283. The van der Waals surface area contributed by atoms with Crippen molar-refractivity contribution in [3.63, 3.8) is 0 Å². The van der Waals surface area contributed by atoms with Crippen LogP contribution in [-0.4, -0.2) is 12.7 Å². The van der Waals surface area contributed by atoms with Crippen LogP contribution in [0.1, 0.15) is 43.0 Å². The number of ether oxygens (including phenoxy) is 1. The Morgan fingerprint density at radius 1 is 1.47 bits per heavy atom. The lowest BCUT2D eigenvalue weighted by Gasteiger charge is -2.15. The highest BCUT2D eigenvalue weighted by atomic mass is 32.1. The third-order valence-electron chi connectivity index (χ3n) is 3.75. The van der Waals surface area contributed by atoms with E-state index in [4.69, 9.17) is 10.6 Å². The zero-order valence-corrected chi connectivity index (χ0v) is 12.6. The summed E-state index contributed by atoms with van der Waals surface area (Å²) in [5, 5.41) is 2.15. The van der Waals surface area contributed by atoms with E-state index in [2.05, 4.69) is 22.9 Å². The summed E-state index contributed by atoms with van der Waals surface area (Å²) in [5.41, 5.74) is 2.97. The molecule has 0 amide bonds. The number of thiophene rings is 2. The standard InChI is InChI=1S/C14H20N2OS2/c15-16-11(5-1-3-10-4-2-7-17-10)13-9-14-12(19-13)6-8-18-14/h6,8-11,16H,1-5,7,15H2. The zero-order valence-electron chi connectivity index (χ0n) is 10.9. The van der Waals surface area contributed by atoms with Crippen LogP contribution in [0.15, 0.2) is 17.5 Å². The minimum Gasteiger partial charge on any atom is -0.378 e. The third-order valence-corrected chi connectivity index (χ3v) is 5.95. The maximum Gasteiger partial charge on any atom is 0.0576 e. The molecule has 1 fully saturated rings. The molecule has 0 aliphatic carbocycles. The van der Waals surface area contributed by atoms with Gasteiger partial charge in [0, 0.05) is 20.9 Å². The Kier molecular flexibility index (Phi) is 4.50. The van der Waals surface area contributed by atoms with Crippen molar-refractivity contribution in [2.75, 3.05) is 6.61 Å². The van der Waals surface area contributed by atoms with E-state index in [-0.39, 0.29) is 6.04 Å². The van der Waals surface area contributed by atoms with E-state index >= 15 is 0 Å². The van der Waals surface area contributed by atoms with Gasteiger partial charge in [0.2, 0.25) is 0 Å². The molecule has 0 spiro atoms. The van der Waals surface area contributed by atoms with Crippen molar-refractivity contribution >= 4 is 32.1 Å². The number of rotatable bonds is 6. The van der Waals surface area contributed by atoms with E-state index in [1.165, 1.54) is 33.5 Å². The molecule has 2 aromatic heterocycles.